The number of hydrogen-bond acceptors (Lipinski definition) is 4. The fourth-order valence-corrected chi connectivity index (χ4v) is 2.84. The molecule has 1 saturated heterocycles. The van der Waals surface area contributed by atoms with Crippen molar-refractivity contribution in [2.24, 2.45) is 0 Å². The van der Waals surface area contributed by atoms with Gasteiger partial charge in [-0.2, -0.15) is 0 Å². The molecule has 1 N–H and O–H groups in total. The molecule has 5 heteroatoms. The number of nitrogens with zero attached hydrogens (tertiary/aromatic N) is 3. The zero-order valence-corrected chi connectivity index (χ0v) is 13.5. The largest absolute Gasteiger partial charge is 0.358 e. The number of rotatable bonds is 6. The maximum Gasteiger partial charge on any atom is 0.128 e. The van der Waals surface area contributed by atoms with Crippen LogP contribution in [0.2, 0.25) is 5.02 Å². The van der Waals surface area contributed by atoms with Crippen molar-refractivity contribution in [2.75, 3.05) is 38.6 Å². The second-order valence-electron chi connectivity index (χ2n) is 5.54. The van der Waals surface area contributed by atoms with E-state index >= 15 is 0 Å². The number of likely N-dealkylation sites (N-methyl/N-ethyl adjacent to an activating group) is 2. The van der Waals surface area contributed by atoms with Crippen LogP contribution in [-0.2, 0) is 6.54 Å². The van der Waals surface area contributed by atoms with Gasteiger partial charge in [0.05, 0.1) is 10.7 Å². The lowest BCUT2D eigenvalue weighted by Crippen LogP contribution is -2.37. The van der Waals surface area contributed by atoms with Crippen molar-refractivity contribution >= 4 is 17.4 Å². The van der Waals surface area contributed by atoms with E-state index in [9.17, 15) is 0 Å². The lowest BCUT2D eigenvalue weighted by Gasteiger charge is -2.27. The standard InChI is InChI=1S/C15H25ClN4/c1-4-17-10-14-13(16)7-8-15(18-14)20(3)11-12-6-5-9-19(12)2/h7-8,12,17H,4-6,9-11H2,1-3H3. The molecule has 1 atom stereocenters. The Hall–Kier alpha value is -0.840. The molecule has 0 spiro atoms. The van der Waals surface area contributed by atoms with E-state index in [1.165, 1.54) is 19.4 Å². The van der Waals surface area contributed by atoms with Gasteiger partial charge in [-0.15, -0.1) is 0 Å². The Balaban J connectivity index is 2.03. The second-order valence-corrected chi connectivity index (χ2v) is 5.94. The van der Waals surface area contributed by atoms with Crippen LogP contribution in [0.25, 0.3) is 0 Å². The Kier molecular flexibility index (Phi) is 5.64. The minimum Gasteiger partial charge on any atom is -0.358 e. The molecule has 1 aromatic rings. The van der Waals surface area contributed by atoms with Gasteiger partial charge in [-0.3, -0.25) is 0 Å². The minimum atomic E-state index is 0.634. The quantitative estimate of drug-likeness (QED) is 0.873. The molecule has 1 aliphatic heterocycles. The van der Waals surface area contributed by atoms with Gasteiger partial charge in [-0.05, 0) is 45.1 Å². The molecule has 0 saturated carbocycles. The topological polar surface area (TPSA) is 31.4 Å². The molecule has 1 aromatic heterocycles. The van der Waals surface area contributed by atoms with Gasteiger partial charge in [0.2, 0.25) is 0 Å². The molecule has 1 aliphatic rings. The van der Waals surface area contributed by atoms with E-state index in [1.54, 1.807) is 0 Å². The number of likely N-dealkylation sites (tertiary alicyclic amines) is 1. The molecular formula is C15H25ClN4. The molecule has 1 fully saturated rings. The van der Waals surface area contributed by atoms with Crippen LogP contribution in [-0.4, -0.2) is 49.7 Å². The first-order chi connectivity index (χ1) is 9.61. The molecule has 0 amide bonds. The van der Waals surface area contributed by atoms with Crippen LogP contribution in [0.4, 0.5) is 5.82 Å². The normalized spacial score (nSPS) is 19.5. The van der Waals surface area contributed by atoms with Gasteiger partial charge < -0.3 is 15.1 Å². The van der Waals surface area contributed by atoms with E-state index in [0.717, 1.165) is 36.2 Å². The predicted octanol–water partition coefficient (Wildman–Crippen LogP) is 2.37. The van der Waals surface area contributed by atoms with Crippen molar-refractivity contribution in [3.05, 3.63) is 22.8 Å². The highest BCUT2D eigenvalue weighted by Crippen LogP contribution is 2.21. The van der Waals surface area contributed by atoms with E-state index in [4.69, 9.17) is 11.6 Å². The third-order valence-electron chi connectivity index (χ3n) is 3.99. The third-order valence-corrected chi connectivity index (χ3v) is 4.34. The van der Waals surface area contributed by atoms with Crippen LogP contribution in [0.15, 0.2) is 12.1 Å². The number of pyridine rings is 1. The summed E-state index contributed by atoms with van der Waals surface area (Å²) in [6, 6.07) is 4.59. The van der Waals surface area contributed by atoms with Crippen molar-refractivity contribution in [1.29, 1.82) is 0 Å². The van der Waals surface area contributed by atoms with Crippen LogP contribution < -0.4 is 10.2 Å². The summed E-state index contributed by atoms with van der Waals surface area (Å²) in [6.07, 6.45) is 2.58. The second kappa shape index (κ2) is 7.25. The highest BCUT2D eigenvalue weighted by molar-refractivity contribution is 6.31. The first kappa shape index (κ1) is 15.5. The molecule has 2 rings (SSSR count). The fraction of sp³-hybridized carbons (Fsp3) is 0.667. The molecule has 4 nitrogen and oxygen atoms in total. The SMILES string of the molecule is CCNCc1nc(N(C)CC2CCCN2C)ccc1Cl. The van der Waals surface area contributed by atoms with Crippen LogP contribution >= 0.6 is 11.6 Å². The van der Waals surface area contributed by atoms with Crippen molar-refractivity contribution in [1.82, 2.24) is 15.2 Å². The van der Waals surface area contributed by atoms with E-state index < -0.39 is 0 Å². The number of hydrogen-bond donors (Lipinski definition) is 1. The Morgan fingerprint density at radius 3 is 2.95 bits per heavy atom. The number of halogens is 1. The number of aromatic nitrogens is 1. The Morgan fingerprint density at radius 2 is 2.30 bits per heavy atom. The van der Waals surface area contributed by atoms with Crippen LogP contribution in [0, 0.1) is 0 Å². The van der Waals surface area contributed by atoms with E-state index in [1.807, 2.05) is 12.1 Å². The maximum atomic E-state index is 6.20. The van der Waals surface area contributed by atoms with Gasteiger partial charge in [0.25, 0.3) is 0 Å². The summed E-state index contributed by atoms with van der Waals surface area (Å²) in [5.74, 6) is 1.00. The van der Waals surface area contributed by atoms with Gasteiger partial charge in [0.1, 0.15) is 5.82 Å². The molecule has 0 radical (unpaired) electrons. The average Bonchev–Trinajstić information content (AvgIpc) is 2.83. The van der Waals surface area contributed by atoms with Crippen molar-refractivity contribution in [3.63, 3.8) is 0 Å². The average molecular weight is 297 g/mol. The molecule has 0 bridgehead atoms. The first-order valence-corrected chi connectivity index (χ1v) is 7.77. The Bertz CT molecular complexity index is 438. The summed E-state index contributed by atoms with van der Waals surface area (Å²) in [5, 5.41) is 4.02. The third kappa shape index (κ3) is 3.84. The summed E-state index contributed by atoms with van der Waals surface area (Å²) in [4.78, 5) is 9.36. The monoisotopic (exact) mass is 296 g/mol. The van der Waals surface area contributed by atoms with Gasteiger partial charge in [-0.25, -0.2) is 4.98 Å². The molecule has 20 heavy (non-hydrogen) atoms. The highest BCUT2D eigenvalue weighted by Gasteiger charge is 2.22. The van der Waals surface area contributed by atoms with E-state index in [2.05, 4.69) is 41.1 Å². The van der Waals surface area contributed by atoms with Gasteiger partial charge in [0.15, 0.2) is 0 Å². The summed E-state index contributed by atoms with van der Waals surface area (Å²) in [7, 11) is 4.32. The minimum absolute atomic E-state index is 0.634. The summed E-state index contributed by atoms with van der Waals surface area (Å²) < 4.78 is 0. The van der Waals surface area contributed by atoms with Crippen LogP contribution in [0.5, 0.6) is 0 Å². The predicted molar refractivity (Wildman–Crippen MR) is 85.5 cm³/mol. The number of nitrogens with one attached hydrogen (secondary N) is 1. The first-order valence-electron chi connectivity index (χ1n) is 7.39. The summed E-state index contributed by atoms with van der Waals surface area (Å²) >= 11 is 6.20. The van der Waals surface area contributed by atoms with Crippen molar-refractivity contribution < 1.29 is 0 Å². The lowest BCUT2D eigenvalue weighted by atomic mass is 10.2. The summed E-state index contributed by atoms with van der Waals surface area (Å²) in [6.45, 7) is 5.95. The van der Waals surface area contributed by atoms with Crippen LogP contribution in [0.1, 0.15) is 25.5 Å². The van der Waals surface area contributed by atoms with Crippen LogP contribution in [0.3, 0.4) is 0 Å². The fourth-order valence-electron chi connectivity index (χ4n) is 2.67. The summed E-state index contributed by atoms with van der Waals surface area (Å²) in [5.41, 5.74) is 0.928. The zero-order chi connectivity index (χ0) is 14.5. The highest BCUT2D eigenvalue weighted by atomic mass is 35.5. The van der Waals surface area contributed by atoms with E-state index in [0.29, 0.717) is 6.04 Å². The smallest absolute Gasteiger partial charge is 0.128 e. The zero-order valence-electron chi connectivity index (χ0n) is 12.7. The molecule has 112 valence electrons. The van der Waals surface area contributed by atoms with Crippen molar-refractivity contribution in [2.45, 2.75) is 32.4 Å². The van der Waals surface area contributed by atoms with Gasteiger partial charge >= 0.3 is 0 Å². The number of anilines is 1. The Morgan fingerprint density at radius 1 is 1.50 bits per heavy atom. The Labute approximate surface area is 127 Å². The molecule has 1 unspecified atom stereocenters. The molecule has 2 heterocycles. The van der Waals surface area contributed by atoms with Gasteiger partial charge in [-0.1, -0.05) is 18.5 Å². The molecule has 0 aliphatic carbocycles. The molecular weight excluding hydrogens is 272 g/mol. The van der Waals surface area contributed by atoms with Crippen molar-refractivity contribution in [3.8, 4) is 0 Å². The van der Waals surface area contributed by atoms with Gasteiger partial charge in [0, 0.05) is 26.2 Å². The maximum absolute atomic E-state index is 6.20. The molecule has 0 aromatic carbocycles. The lowest BCUT2D eigenvalue weighted by molar-refractivity contribution is 0.314. The van der Waals surface area contributed by atoms with E-state index in [-0.39, 0.29) is 0 Å².